The van der Waals surface area contributed by atoms with Crippen LogP contribution in [0, 0.1) is 6.92 Å². The van der Waals surface area contributed by atoms with Gasteiger partial charge in [-0.2, -0.15) is 0 Å². The average molecular weight is 234 g/mol. The molecule has 0 unspecified atom stereocenters. The minimum Gasteiger partial charge on any atom is -0.508 e. The lowest BCUT2D eigenvalue weighted by atomic mass is 10.1. The molecular weight excluding hydrogens is 216 g/mol. The highest BCUT2D eigenvalue weighted by molar-refractivity contribution is 5.87. The molecule has 1 aromatic rings. The van der Waals surface area contributed by atoms with E-state index in [-0.39, 0.29) is 11.7 Å². The van der Waals surface area contributed by atoms with Gasteiger partial charge in [-0.1, -0.05) is 6.07 Å². The van der Waals surface area contributed by atoms with Crippen molar-refractivity contribution in [2.75, 3.05) is 0 Å². The second-order valence-corrected chi connectivity index (χ2v) is 4.91. The Balaban J connectivity index is 2.71. The van der Waals surface area contributed by atoms with Crippen molar-refractivity contribution in [1.29, 1.82) is 0 Å². The van der Waals surface area contributed by atoms with E-state index in [2.05, 4.69) is 0 Å². The predicted octanol–water partition coefficient (Wildman–Crippen LogP) is 3.06. The van der Waals surface area contributed by atoms with Crippen molar-refractivity contribution in [3.8, 4) is 5.75 Å². The summed E-state index contributed by atoms with van der Waals surface area (Å²) in [7, 11) is 0. The molecule has 0 radical (unpaired) electrons. The Labute approximate surface area is 102 Å². The van der Waals surface area contributed by atoms with E-state index in [1.54, 1.807) is 31.2 Å². The SMILES string of the molecule is Cc1cc(/C=C/C(=O)OC(C)(C)C)ccc1O. The lowest BCUT2D eigenvalue weighted by Gasteiger charge is -2.17. The summed E-state index contributed by atoms with van der Waals surface area (Å²) >= 11 is 0. The van der Waals surface area contributed by atoms with E-state index in [1.165, 1.54) is 6.08 Å². The number of phenolic OH excluding ortho intramolecular Hbond substituents is 1. The average Bonchev–Trinajstić information content (AvgIpc) is 2.17. The second-order valence-electron chi connectivity index (χ2n) is 4.91. The van der Waals surface area contributed by atoms with Gasteiger partial charge in [0.15, 0.2) is 0 Å². The first-order chi connectivity index (χ1) is 7.78. The summed E-state index contributed by atoms with van der Waals surface area (Å²) in [5.41, 5.74) is 1.15. The fourth-order valence-corrected chi connectivity index (χ4v) is 1.28. The number of aromatic hydroxyl groups is 1. The molecule has 17 heavy (non-hydrogen) atoms. The lowest BCUT2D eigenvalue weighted by Crippen LogP contribution is -2.22. The number of carbonyl (C=O) groups excluding carboxylic acids is 1. The zero-order valence-corrected chi connectivity index (χ0v) is 10.7. The lowest BCUT2D eigenvalue weighted by molar-refractivity contribution is -0.148. The van der Waals surface area contributed by atoms with E-state index in [4.69, 9.17) is 4.74 Å². The van der Waals surface area contributed by atoms with Crippen molar-refractivity contribution in [2.45, 2.75) is 33.3 Å². The Morgan fingerprint density at radius 1 is 1.35 bits per heavy atom. The highest BCUT2D eigenvalue weighted by Gasteiger charge is 2.13. The molecule has 0 bridgehead atoms. The van der Waals surface area contributed by atoms with Crippen LogP contribution in [-0.4, -0.2) is 16.7 Å². The van der Waals surface area contributed by atoms with Crippen LogP contribution in [0.15, 0.2) is 24.3 Å². The summed E-state index contributed by atoms with van der Waals surface area (Å²) < 4.78 is 5.14. The van der Waals surface area contributed by atoms with Gasteiger partial charge in [-0.05, 0) is 57.0 Å². The molecule has 1 rings (SSSR count). The zero-order valence-electron chi connectivity index (χ0n) is 10.7. The van der Waals surface area contributed by atoms with Crippen LogP contribution in [0.1, 0.15) is 31.9 Å². The smallest absolute Gasteiger partial charge is 0.331 e. The first-order valence-electron chi connectivity index (χ1n) is 5.48. The van der Waals surface area contributed by atoms with Gasteiger partial charge in [0.05, 0.1) is 0 Å². The number of benzene rings is 1. The van der Waals surface area contributed by atoms with Gasteiger partial charge in [-0.15, -0.1) is 0 Å². The van der Waals surface area contributed by atoms with Gasteiger partial charge in [-0.3, -0.25) is 0 Å². The summed E-state index contributed by atoms with van der Waals surface area (Å²) in [6, 6.07) is 5.14. The molecule has 0 amide bonds. The van der Waals surface area contributed by atoms with Crippen molar-refractivity contribution in [1.82, 2.24) is 0 Å². The number of rotatable bonds is 2. The maximum atomic E-state index is 11.4. The number of ether oxygens (including phenoxy) is 1. The number of hydrogen-bond donors (Lipinski definition) is 1. The molecule has 0 aromatic heterocycles. The van der Waals surface area contributed by atoms with Crippen LogP contribution in [0.5, 0.6) is 5.75 Å². The molecule has 0 atom stereocenters. The van der Waals surface area contributed by atoms with E-state index in [0.717, 1.165) is 11.1 Å². The molecular formula is C14H18O3. The Bertz CT molecular complexity index is 439. The Morgan fingerprint density at radius 3 is 2.53 bits per heavy atom. The topological polar surface area (TPSA) is 46.5 Å². The van der Waals surface area contributed by atoms with Gasteiger partial charge < -0.3 is 9.84 Å². The maximum Gasteiger partial charge on any atom is 0.331 e. The number of phenols is 1. The Kier molecular flexibility index (Phi) is 3.94. The van der Waals surface area contributed by atoms with Crippen LogP contribution in [0.4, 0.5) is 0 Å². The van der Waals surface area contributed by atoms with Crippen molar-refractivity contribution >= 4 is 12.0 Å². The maximum absolute atomic E-state index is 11.4. The normalized spacial score (nSPS) is 11.8. The molecule has 0 heterocycles. The van der Waals surface area contributed by atoms with Gasteiger partial charge >= 0.3 is 5.97 Å². The van der Waals surface area contributed by atoms with Crippen LogP contribution >= 0.6 is 0 Å². The van der Waals surface area contributed by atoms with Gasteiger partial charge in [0.1, 0.15) is 11.4 Å². The van der Waals surface area contributed by atoms with Gasteiger partial charge in [0, 0.05) is 6.08 Å². The molecule has 0 aliphatic heterocycles. The van der Waals surface area contributed by atoms with Crippen molar-refractivity contribution < 1.29 is 14.6 Å². The Morgan fingerprint density at radius 2 is 2.00 bits per heavy atom. The number of carbonyl (C=O) groups is 1. The van der Waals surface area contributed by atoms with Crippen LogP contribution < -0.4 is 0 Å². The number of aryl methyl sites for hydroxylation is 1. The van der Waals surface area contributed by atoms with Crippen LogP contribution in [0.25, 0.3) is 6.08 Å². The number of hydrogen-bond acceptors (Lipinski definition) is 3. The van der Waals surface area contributed by atoms with E-state index >= 15 is 0 Å². The quantitative estimate of drug-likeness (QED) is 0.632. The summed E-state index contributed by atoms with van der Waals surface area (Å²) in [5.74, 6) is -0.123. The third-order valence-corrected chi connectivity index (χ3v) is 2.04. The molecule has 1 N–H and O–H groups in total. The zero-order chi connectivity index (χ0) is 13.1. The summed E-state index contributed by atoms with van der Waals surface area (Å²) in [4.78, 5) is 11.4. The van der Waals surface area contributed by atoms with Crippen LogP contribution in [0.2, 0.25) is 0 Å². The molecule has 3 heteroatoms. The predicted molar refractivity (Wildman–Crippen MR) is 67.7 cm³/mol. The molecule has 1 aromatic carbocycles. The summed E-state index contributed by atoms with van der Waals surface area (Å²) in [6.45, 7) is 7.27. The van der Waals surface area contributed by atoms with Gasteiger partial charge in [0.25, 0.3) is 0 Å². The highest BCUT2D eigenvalue weighted by atomic mass is 16.6. The van der Waals surface area contributed by atoms with E-state index in [9.17, 15) is 9.90 Å². The molecule has 0 saturated carbocycles. The largest absolute Gasteiger partial charge is 0.508 e. The van der Waals surface area contributed by atoms with E-state index < -0.39 is 5.60 Å². The molecule has 0 saturated heterocycles. The molecule has 3 nitrogen and oxygen atoms in total. The fourth-order valence-electron chi connectivity index (χ4n) is 1.28. The van der Waals surface area contributed by atoms with E-state index in [0.29, 0.717) is 0 Å². The van der Waals surface area contributed by atoms with Crippen LogP contribution in [-0.2, 0) is 9.53 Å². The molecule has 0 aliphatic carbocycles. The van der Waals surface area contributed by atoms with Crippen molar-refractivity contribution in [3.05, 3.63) is 35.4 Å². The molecule has 92 valence electrons. The molecule has 0 fully saturated rings. The van der Waals surface area contributed by atoms with Crippen LogP contribution in [0.3, 0.4) is 0 Å². The third kappa shape index (κ3) is 4.72. The molecule has 0 spiro atoms. The van der Waals surface area contributed by atoms with E-state index in [1.807, 2.05) is 20.8 Å². The summed E-state index contributed by atoms with van der Waals surface area (Å²) in [6.07, 6.45) is 3.05. The first kappa shape index (κ1) is 13.3. The Hall–Kier alpha value is -1.77. The molecule has 0 aliphatic rings. The van der Waals surface area contributed by atoms with Gasteiger partial charge in [0.2, 0.25) is 0 Å². The summed E-state index contributed by atoms with van der Waals surface area (Å²) in [5, 5.41) is 9.36. The highest BCUT2D eigenvalue weighted by Crippen LogP contribution is 2.17. The monoisotopic (exact) mass is 234 g/mol. The fraction of sp³-hybridized carbons (Fsp3) is 0.357. The third-order valence-electron chi connectivity index (χ3n) is 2.04. The van der Waals surface area contributed by atoms with Gasteiger partial charge in [-0.25, -0.2) is 4.79 Å². The minimum absolute atomic E-state index is 0.249. The first-order valence-corrected chi connectivity index (χ1v) is 5.48. The minimum atomic E-state index is -0.480. The number of esters is 1. The van der Waals surface area contributed by atoms with Crippen molar-refractivity contribution in [3.63, 3.8) is 0 Å². The van der Waals surface area contributed by atoms with Crippen molar-refractivity contribution in [2.24, 2.45) is 0 Å². The second kappa shape index (κ2) is 5.04. The standard InChI is InChI=1S/C14H18O3/c1-10-9-11(5-7-12(10)15)6-8-13(16)17-14(2,3)4/h5-9,15H,1-4H3/b8-6+.